The van der Waals surface area contributed by atoms with Gasteiger partial charge in [-0.15, -0.1) is 11.6 Å². The molecule has 0 aromatic heterocycles. The van der Waals surface area contributed by atoms with Crippen LogP contribution in [0.15, 0.2) is 0 Å². The maximum Gasteiger partial charge on any atom is 0.220 e. The minimum Gasteiger partial charge on any atom is -0.353 e. The summed E-state index contributed by atoms with van der Waals surface area (Å²) in [6.45, 7) is 6.31. The third-order valence-electron chi connectivity index (χ3n) is 3.49. The second-order valence-electron chi connectivity index (χ2n) is 5.36. The molecule has 2 nitrogen and oxygen atoms in total. The van der Waals surface area contributed by atoms with Crippen LogP contribution in [0, 0.1) is 5.92 Å². The Kier molecular flexibility index (Phi) is 11.7. The van der Waals surface area contributed by atoms with Crippen LogP contribution in [0.4, 0.5) is 0 Å². The first kappa shape index (κ1) is 17.8. The van der Waals surface area contributed by atoms with E-state index >= 15 is 0 Å². The van der Waals surface area contributed by atoms with Crippen molar-refractivity contribution in [1.29, 1.82) is 0 Å². The van der Waals surface area contributed by atoms with Crippen molar-refractivity contribution in [2.75, 3.05) is 5.88 Å². The quantitative estimate of drug-likeness (QED) is 0.436. The summed E-state index contributed by atoms with van der Waals surface area (Å²) in [5.74, 6) is 1.11. The van der Waals surface area contributed by atoms with Crippen molar-refractivity contribution < 1.29 is 4.79 Å². The average molecular weight is 276 g/mol. The average Bonchev–Trinajstić information content (AvgIpc) is 2.36. The van der Waals surface area contributed by atoms with Gasteiger partial charge in [-0.3, -0.25) is 4.79 Å². The van der Waals surface area contributed by atoms with E-state index in [-0.39, 0.29) is 11.9 Å². The molecule has 0 saturated carbocycles. The van der Waals surface area contributed by atoms with E-state index in [1.54, 1.807) is 0 Å². The minimum absolute atomic E-state index is 0.174. The zero-order valence-electron chi connectivity index (χ0n) is 12.3. The molecule has 2 atom stereocenters. The van der Waals surface area contributed by atoms with Crippen molar-refractivity contribution in [2.45, 2.75) is 78.2 Å². The van der Waals surface area contributed by atoms with Gasteiger partial charge in [0.25, 0.3) is 0 Å². The van der Waals surface area contributed by atoms with Crippen molar-refractivity contribution in [3.05, 3.63) is 0 Å². The molecule has 0 heterocycles. The fraction of sp³-hybridized carbons (Fsp3) is 0.933. The molecular weight excluding hydrogens is 246 g/mol. The third-order valence-corrected chi connectivity index (χ3v) is 3.98. The highest BCUT2D eigenvalue weighted by atomic mass is 35.5. The zero-order chi connectivity index (χ0) is 13.8. The molecule has 0 radical (unpaired) electrons. The lowest BCUT2D eigenvalue weighted by atomic mass is 10.1. The molecule has 0 aliphatic rings. The highest BCUT2D eigenvalue weighted by Crippen LogP contribution is 2.09. The molecular formula is C15H30ClNO. The van der Waals surface area contributed by atoms with Gasteiger partial charge in [-0.05, 0) is 19.3 Å². The Bertz CT molecular complexity index is 209. The van der Waals surface area contributed by atoms with Gasteiger partial charge < -0.3 is 5.32 Å². The number of carbonyl (C=O) groups is 1. The fourth-order valence-corrected chi connectivity index (χ4v) is 2.11. The number of amides is 1. The first-order valence-corrected chi connectivity index (χ1v) is 8.00. The monoisotopic (exact) mass is 275 g/mol. The molecule has 0 bridgehead atoms. The van der Waals surface area contributed by atoms with Gasteiger partial charge in [0.2, 0.25) is 5.91 Å². The zero-order valence-corrected chi connectivity index (χ0v) is 13.1. The standard InChI is InChI=1S/C15H30ClNO/c1-4-5-6-7-8-9-10-11-15(18)17-14(3)13(2)12-16/h13-14H,4-12H2,1-3H3,(H,17,18). The molecule has 0 fully saturated rings. The summed E-state index contributed by atoms with van der Waals surface area (Å²) in [6.07, 6.45) is 9.40. The first-order chi connectivity index (χ1) is 8.61. The van der Waals surface area contributed by atoms with Gasteiger partial charge in [0, 0.05) is 18.3 Å². The van der Waals surface area contributed by atoms with E-state index in [1.807, 2.05) is 6.92 Å². The van der Waals surface area contributed by atoms with E-state index in [2.05, 4.69) is 19.2 Å². The van der Waals surface area contributed by atoms with Crippen LogP contribution >= 0.6 is 11.6 Å². The van der Waals surface area contributed by atoms with Gasteiger partial charge in [-0.2, -0.15) is 0 Å². The predicted molar refractivity (Wildman–Crippen MR) is 80.1 cm³/mol. The summed E-state index contributed by atoms with van der Waals surface area (Å²) >= 11 is 5.77. The van der Waals surface area contributed by atoms with Gasteiger partial charge in [0.1, 0.15) is 0 Å². The molecule has 18 heavy (non-hydrogen) atoms. The first-order valence-electron chi connectivity index (χ1n) is 7.47. The lowest BCUT2D eigenvalue weighted by molar-refractivity contribution is -0.122. The summed E-state index contributed by atoms with van der Waals surface area (Å²) < 4.78 is 0. The molecule has 1 amide bonds. The van der Waals surface area contributed by atoms with Crippen LogP contribution in [0.3, 0.4) is 0 Å². The van der Waals surface area contributed by atoms with Crippen molar-refractivity contribution in [2.24, 2.45) is 5.92 Å². The fourth-order valence-electron chi connectivity index (χ4n) is 1.84. The maximum atomic E-state index is 11.7. The van der Waals surface area contributed by atoms with E-state index in [1.165, 1.54) is 38.5 Å². The van der Waals surface area contributed by atoms with Crippen molar-refractivity contribution in [1.82, 2.24) is 5.32 Å². The Hall–Kier alpha value is -0.240. The predicted octanol–water partition coefficient (Wildman–Crippen LogP) is 4.51. The maximum absolute atomic E-state index is 11.7. The molecule has 108 valence electrons. The van der Waals surface area contributed by atoms with E-state index in [9.17, 15) is 4.79 Å². The van der Waals surface area contributed by atoms with Crippen LogP contribution in [0.2, 0.25) is 0 Å². The van der Waals surface area contributed by atoms with Crippen LogP contribution < -0.4 is 5.32 Å². The summed E-state index contributed by atoms with van der Waals surface area (Å²) in [5, 5.41) is 3.02. The number of halogens is 1. The van der Waals surface area contributed by atoms with Crippen LogP contribution in [-0.4, -0.2) is 17.8 Å². The summed E-state index contributed by atoms with van der Waals surface area (Å²) in [4.78, 5) is 11.7. The topological polar surface area (TPSA) is 29.1 Å². The van der Waals surface area contributed by atoms with Gasteiger partial charge in [-0.1, -0.05) is 52.4 Å². The Balaban J connectivity index is 3.42. The molecule has 2 unspecified atom stereocenters. The van der Waals surface area contributed by atoms with E-state index in [0.29, 0.717) is 18.2 Å². The highest BCUT2D eigenvalue weighted by Gasteiger charge is 2.13. The molecule has 0 aliphatic heterocycles. The van der Waals surface area contributed by atoms with Crippen LogP contribution in [0.25, 0.3) is 0 Å². The number of unbranched alkanes of at least 4 members (excludes halogenated alkanes) is 6. The Morgan fingerprint density at radius 2 is 1.61 bits per heavy atom. The molecule has 0 aliphatic carbocycles. The van der Waals surface area contributed by atoms with E-state index in [4.69, 9.17) is 11.6 Å². The van der Waals surface area contributed by atoms with Crippen LogP contribution in [-0.2, 0) is 4.79 Å². The number of alkyl halides is 1. The minimum atomic E-state index is 0.174. The molecule has 0 aromatic carbocycles. The van der Waals surface area contributed by atoms with E-state index < -0.39 is 0 Å². The van der Waals surface area contributed by atoms with Crippen molar-refractivity contribution in [3.8, 4) is 0 Å². The summed E-state index contributed by atoms with van der Waals surface area (Å²) in [6, 6.07) is 0.180. The molecule has 0 rings (SSSR count). The molecule has 0 aromatic rings. The smallest absolute Gasteiger partial charge is 0.220 e. The summed E-state index contributed by atoms with van der Waals surface area (Å²) in [7, 11) is 0. The number of rotatable bonds is 11. The number of carbonyl (C=O) groups excluding carboxylic acids is 1. The second kappa shape index (κ2) is 11.8. The number of hydrogen-bond acceptors (Lipinski definition) is 1. The highest BCUT2D eigenvalue weighted by molar-refractivity contribution is 6.18. The molecule has 1 N–H and O–H groups in total. The molecule has 0 saturated heterocycles. The van der Waals surface area contributed by atoms with Gasteiger partial charge >= 0.3 is 0 Å². The normalized spacial score (nSPS) is 14.2. The van der Waals surface area contributed by atoms with Gasteiger partial charge in [0.05, 0.1) is 0 Å². The Labute approximate surface area is 118 Å². The SMILES string of the molecule is CCCCCCCCCC(=O)NC(C)C(C)CCl. The lowest BCUT2D eigenvalue weighted by Crippen LogP contribution is -2.37. The van der Waals surface area contributed by atoms with Crippen molar-refractivity contribution in [3.63, 3.8) is 0 Å². The Morgan fingerprint density at radius 1 is 1.06 bits per heavy atom. The van der Waals surface area contributed by atoms with Crippen LogP contribution in [0.1, 0.15) is 72.1 Å². The van der Waals surface area contributed by atoms with E-state index in [0.717, 1.165) is 6.42 Å². The largest absolute Gasteiger partial charge is 0.353 e. The third kappa shape index (κ3) is 9.76. The van der Waals surface area contributed by atoms with Gasteiger partial charge in [-0.25, -0.2) is 0 Å². The number of nitrogens with one attached hydrogen (secondary N) is 1. The second-order valence-corrected chi connectivity index (χ2v) is 5.67. The Morgan fingerprint density at radius 3 is 2.17 bits per heavy atom. The number of hydrogen-bond donors (Lipinski definition) is 1. The summed E-state index contributed by atoms with van der Waals surface area (Å²) in [5.41, 5.74) is 0. The van der Waals surface area contributed by atoms with Gasteiger partial charge in [0.15, 0.2) is 0 Å². The molecule has 3 heteroatoms. The lowest BCUT2D eigenvalue weighted by Gasteiger charge is -2.19. The van der Waals surface area contributed by atoms with Crippen molar-refractivity contribution >= 4 is 17.5 Å². The molecule has 0 spiro atoms. The van der Waals surface area contributed by atoms with Crippen LogP contribution in [0.5, 0.6) is 0 Å².